The molecule has 2 aliphatic rings. The maximum atomic E-state index is 13.0. The van der Waals surface area contributed by atoms with E-state index < -0.39 is 85.7 Å². The molecule has 47 heavy (non-hydrogen) atoms. The third-order valence-electron chi connectivity index (χ3n) is 7.55. The molecule has 4 rings (SSSR count). The van der Waals surface area contributed by atoms with Gasteiger partial charge in [0.05, 0.1) is 19.3 Å². The van der Waals surface area contributed by atoms with Crippen molar-refractivity contribution < 1.29 is 78.9 Å². The Morgan fingerprint density at radius 1 is 0.809 bits per heavy atom. The van der Waals surface area contributed by atoms with Crippen molar-refractivity contribution in [2.75, 3.05) is 13.2 Å². The van der Waals surface area contributed by atoms with Gasteiger partial charge in [0.1, 0.15) is 30.5 Å². The SMILES string of the molecule is CC(=O)O[C@@H]1[C@@H](OCCc2ccc(O)c(O)c2)O[C@@H](CO)[C@H](OC(=O)/C=C\c2ccc(O)c(O)c2)[C@H]1O[C@@H]1O[C@H](C)[C@H](O)[C@@H](O)[C@@H]1O. The highest BCUT2D eigenvalue weighted by molar-refractivity contribution is 5.87. The molecule has 2 aromatic rings. The fourth-order valence-corrected chi connectivity index (χ4v) is 5.05. The van der Waals surface area contributed by atoms with Crippen molar-refractivity contribution in [1.29, 1.82) is 0 Å². The van der Waals surface area contributed by atoms with E-state index in [0.29, 0.717) is 11.1 Å². The number of aromatic hydroxyl groups is 4. The van der Waals surface area contributed by atoms with Crippen LogP contribution in [0.25, 0.3) is 6.08 Å². The van der Waals surface area contributed by atoms with Crippen LogP contribution >= 0.6 is 0 Å². The lowest BCUT2D eigenvalue weighted by Gasteiger charge is -2.47. The molecule has 2 aliphatic heterocycles. The summed E-state index contributed by atoms with van der Waals surface area (Å²) in [5.74, 6) is -3.31. The van der Waals surface area contributed by atoms with Crippen molar-refractivity contribution in [2.24, 2.45) is 0 Å². The van der Waals surface area contributed by atoms with Gasteiger partial charge in [0.15, 0.2) is 47.8 Å². The van der Waals surface area contributed by atoms with Crippen LogP contribution < -0.4 is 0 Å². The van der Waals surface area contributed by atoms with Gasteiger partial charge in [0, 0.05) is 13.0 Å². The molecule has 10 atom stereocenters. The van der Waals surface area contributed by atoms with E-state index in [4.69, 9.17) is 28.4 Å². The third-order valence-corrected chi connectivity index (χ3v) is 7.55. The van der Waals surface area contributed by atoms with Crippen molar-refractivity contribution in [2.45, 2.75) is 81.7 Å². The van der Waals surface area contributed by atoms with Gasteiger partial charge < -0.3 is 69.3 Å². The summed E-state index contributed by atoms with van der Waals surface area (Å²) < 4.78 is 34.4. The van der Waals surface area contributed by atoms with Crippen LogP contribution in [0.3, 0.4) is 0 Å². The molecule has 258 valence electrons. The van der Waals surface area contributed by atoms with E-state index in [1.54, 1.807) is 0 Å². The van der Waals surface area contributed by atoms with Gasteiger partial charge in [-0.1, -0.05) is 12.1 Å². The second-order valence-electron chi connectivity index (χ2n) is 11.0. The van der Waals surface area contributed by atoms with Crippen LogP contribution in [0.15, 0.2) is 42.5 Å². The summed E-state index contributed by atoms with van der Waals surface area (Å²) in [4.78, 5) is 25.3. The number of hydrogen-bond acceptors (Lipinski definition) is 16. The summed E-state index contributed by atoms with van der Waals surface area (Å²) in [6.07, 6.45) is -12.7. The van der Waals surface area contributed by atoms with E-state index in [0.717, 1.165) is 13.0 Å². The van der Waals surface area contributed by atoms with Gasteiger partial charge in [0.2, 0.25) is 0 Å². The molecule has 0 unspecified atom stereocenters. The molecule has 2 heterocycles. The lowest BCUT2D eigenvalue weighted by Crippen LogP contribution is -2.65. The molecule has 16 nitrogen and oxygen atoms in total. The Kier molecular flexibility index (Phi) is 12.0. The lowest BCUT2D eigenvalue weighted by molar-refractivity contribution is -0.358. The minimum absolute atomic E-state index is 0.103. The number of esters is 2. The van der Waals surface area contributed by atoms with Gasteiger partial charge in [-0.25, -0.2) is 4.79 Å². The number of benzene rings is 2. The van der Waals surface area contributed by atoms with Gasteiger partial charge >= 0.3 is 11.9 Å². The third kappa shape index (κ3) is 8.88. The van der Waals surface area contributed by atoms with Crippen molar-refractivity contribution in [3.63, 3.8) is 0 Å². The largest absolute Gasteiger partial charge is 0.504 e. The van der Waals surface area contributed by atoms with Crippen LogP contribution in [0.5, 0.6) is 23.0 Å². The minimum atomic E-state index is -1.81. The Balaban J connectivity index is 1.61. The van der Waals surface area contributed by atoms with Gasteiger partial charge in [-0.05, 0) is 54.8 Å². The molecule has 2 aromatic carbocycles. The maximum Gasteiger partial charge on any atom is 0.331 e. The predicted octanol–water partition coefficient (Wildman–Crippen LogP) is -0.445. The van der Waals surface area contributed by atoms with Crippen molar-refractivity contribution in [3.8, 4) is 23.0 Å². The first-order valence-electron chi connectivity index (χ1n) is 14.6. The Hall–Kier alpha value is -4.00. The van der Waals surface area contributed by atoms with Crippen LogP contribution in [0.2, 0.25) is 0 Å². The number of hydrogen-bond donors (Lipinski definition) is 8. The molecule has 0 amide bonds. The predicted molar refractivity (Wildman–Crippen MR) is 157 cm³/mol. The van der Waals surface area contributed by atoms with Crippen LogP contribution in [-0.4, -0.2) is 127 Å². The van der Waals surface area contributed by atoms with E-state index in [1.165, 1.54) is 49.4 Å². The molecule has 2 fully saturated rings. The maximum absolute atomic E-state index is 13.0. The highest BCUT2D eigenvalue weighted by Gasteiger charge is 2.54. The van der Waals surface area contributed by atoms with E-state index in [2.05, 4.69) is 0 Å². The first kappa shape index (κ1) is 35.8. The average Bonchev–Trinajstić information content (AvgIpc) is 3.03. The lowest BCUT2D eigenvalue weighted by atomic mass is 9.96. The topological polar surface area (TPSA) is 251 Å². The van der Waals surface area contributed by atoms with E-state index in [1.807, 2.05) is 0 Å². The molecule has 16 heteroatoms. The average molecular weight is 667 g/mol. The number of aliphatic hydroxyl groups excluding tert-OH is 4. The molecule has 0 aliphatic carbocycles. The number of aliphatic hydroxyl groups is 4. The van der Waals surface area contributed by atoms with Crippen LogP contribution in [0.4, 0.5) is 0 Å². The molecule has 0 radical (unpaired) electrons. The summed E-state index contributed by atoms with van der Waals surface area (Å²) in [5.41, 5.74) is 0.879. The zero-order chi connectivity index (χ0) is 34.4. The molecule has 2 saturated heterocycles. The summed E-state index contributed by atoms with van der Waals surface area (Å²) in [7, 11) is 0. The van der Waals surface area contributed by atoms with Crippen LogP contribution in [0, 0.1) is 0 Å². The molecule has 0 aromatic heterocycles. The Bertz CT molecular complexity index is 1410. The van der Waals surface area contributed by atoms with Gasteiger partial charge in [-0.15, -0.1) is 0 Å². The van der Waals surface area contributed by atoms with Gasteiger partial charge in [0.25, 0.3) is 0 Å². The Morgan fingerprint density at radius 3 is 2.13 bits per heavy atom. The normalized spacial score (nSPS) is 31.0. The molecular weight excluding hydrogens is 628 g/mol. The number of rotatable bonds is 11. The monoisotopic (exact) mass is 666 g/mol. The molecule has 0 saturated carbocycles. The second-order valence-corrected chi connectivity index (χ2v) is 11.0. The van der Waals surface area contributed by atoms with Crippen molar-refractivity contribution >= 4 is 18.0 Å². The number of carbonyl (C=O) groups excluding carboxylic acids is 2. The molecule has 0 spiro atoms. The second kappa shape index (κ2) is 15.7. The van der Waals surface area contributed by atoms with E-state index >= 15 is 0 Å². The summed E-state index contributed by atoms with van der Waals surface area (Å²) >= 11 is 0. The summed E-state index contributed by atoms with van der Waals surface area (Å²) in [6, 6.07) is 7.94. The van der Waals surface area contributed by atoms with E-state index in [-0.39, 0.29) is 30.3 Å². The standard InChI is InChI=1S/C31H38O16/c1-14-24(39)25(40)26(41)30(43-14)47-28-27(46-23(38)8-5-16-3-6-18(34)20(36)11-16)22(13-32)45-31(29(28)44-15(2)33)42-10-9-17-4-7-19(35)21(37)12-17/h3-8,11-12,14,22,24-32,34-37,39-41H,9-10,13H2,1-2H3/b8-5-/t14-,22+,24+,25-,26+,27+,28-,29+,30+,31+/m1/s1. The highest BCUT2D eigenvalue weighted by atomic mass is 16.8. The minimum Gasteiger partial charge on any atom is -0.504 e. The van der Waals surface area contributed by atoms with Gasteiger partial charge in [-0.2, -0.15) is 0 Å². The first-order valence-corrected chi connectivity index (χ1v) is 14.6. The number of carbonyl (C=O) groups is 2. The highest BCUT2D eigenvalue weighted by Crippen LogP contribution is 2.33. The van der Waals surface area contributed by atoms with Crippen molar-refractivity contribution in [1.82, 2.24) is 0 Å². The Labute approximate surface area is 268 Å². The molecular formula is C31H38O16. The number of phenols is 4. The smallest absolute Gasteiger partial charge is 0.331 e. The fourth-order valence-electron chi connectivity index (χ4n) is 5.05. The Morgan fingerprint density at radius 2 is 1.49 bits per heavy atom. The van der Waals surface area contributed by atoms with Crippen molar-refractivity contribution in [3.05, 3.63) is 53.6 Å². The van der Waals surface area contributed by atoms with Gasteiger partial charge in [-0.3, -0.25) is 4.79 Å². The van der Waals surface area contributed by atoms with Crippen LogP contribution in [0.1, 0.15) is 25.0 Å². The zero-order valence-electron chi connectivity index (χ0n) is 25.4. The fraction of sp³-hybridized carbons (Fsp3) is 0.484. The summed E-state index contributed by atoms with van der Waals surface area (Å²) in [6.45, 7) is 1.62. The quantitative estimate of drug-likeness (QED) is 0.0859. The molecule has 0 bridgehead atoms. The zero-order valence-corrected chi connectivity index (χ0v) is 25.4. The number of phenolic OH excluding ortho intramolecular Hbond substituents is 4. The van der Waals surface area contributed by atoms with E-state index in [9.17, 15) is 50.4 Å². The summed E-state index contributed by atoms with van der Waals surface area (Å²) in [5, 5.41) is 80.1. The van der Waals surface area contributed by atoms with Crippen LogP contribution in [-0.2, 0) is 44.4 Å². The molecule has 8 N–H and O–H groups in total. The number of ether oxygens (including phenoxy) is 6. The first-order chi connectivity index (χ1) is 22.3.